The standard InChI is InChI=1S/C27H34N2O5/c1-27(2,3)34-26(32)22(16-19-10-6-5-7-11-19)28-25(31)23-14-9-15-29(23)18-24(30)20-12-8-13-21(17-20)33-4/h5-8,10-13,17,22-23H,9,14-16,18H2,1-4H3,(H,28,31)/t22-,23-/m0/s1. The minimum Gasteiger partial charge on any atom is -0.497 e. The highest BCUT2D eigenvalue weighted by atomic mass is 16.6. The Labute approximate surface area is 201 Å². The molecule has 0 radical (unpaired) electrons. The van der Waals surface area contributed by atoms with Gasteiger partial charge in [-0.15, -0.1) is 0 Å². The van der Waals surface area contributed by atoms with E-state index in [2.05, 4.69) is 5.32 Å². The van der Waals surface area contributed by atoms with E-state index in [0.717, 1.165) is 12.0 Å². The van der Waals surface area contributed by atoms with E-state index in [1.807, 2.05) is 35.2 Å². The van der Waals surface area contributed by atoms with E-state index in [1.54, 1.807) is 52.1 Å². The molecule has 1 aliphatic heterocycles. The van der Waals surface area contributed by atoms with Crippen LogP contribution in [0.2, 0.25) is 0 Å². The van der Waals surface area contributed by atoms with Gasteiger partial charge >= 0.3 is 5.97 Å². The summed E-state index contributed by atoms with van der Waals surface area (Å²) in [6.45, 7) is 6.17. The van der Waals surface area contributed by atoms with Crippen LogP contribution in [0.25, 0.3) is 0 Å². The second-order valence-electron chi connectivity index (χ2n) is 9.57. The van der Waals surface area contributed by atoms with E-state index in [-0.39, 0.29) is 18.2 Å². The summed E-state index contributed by atoms with van der Waals surface area (Å²) < 4.78 is 10.8. The Morgan fingerprint density at radius 3 is 2.50 bits per heavy atom. The second-order valence-corrected chi connectivity index (χ2v) is 9.57. The molecule has 0 spiro atoms. The van der Waals surface area contributed by atoms with Crippen LogP contribution >= 0.6 is 0 Å². The van der Waals surface area contributed by atoms with E-state index in [4.69, 9.17) is 9.47 Å². The molecule has 2 atom stereocenters. The molecule has 0 aliphatic carbocycles. The van der Waals surface area contributed by atoms with Crippen molar-refractivity contribution in [1.82, 2.24) is 10.2 Å². The lowest BCUT2D eigenvalue weighted by Gasteiger charge is -2.27. The van der Waals surface area contributed by atoms with E-state index in [1.165, 1.54) is 0 Å². The van der Waals surface area contributed by atoms with Crippen molar-refractivity contribution in [3.63, 3.8) is 0 Å². The maximum absolute atomic E-state index is 13.3. The number of carbonyl (C=O) groups excluding carboxylic acids is 3. The van der Waals surface area contributed by atoms with E-state index in [0.29, 0.717) is 30.7 Å². The van der Waals surface area contributed by atoms with E-state index >= 15 is 0 Å². The minimum absolute atomic E-state index is 0.0772. The molecule has 0 aromatic heterocycles. The molecule has 0 bridgehead atoms. The summed E-state index contributed by atoms with van der Waals surface area (Å²) in [5.74, 6) is -0.196. The molecule has 1 fully saturated rings. The van der Waals surface area contributed by atoms with Crippen molar-refractivity contribution in [1.29, 1.82) is 0 Å². The Morgan fingerprint density at radius 2 is 1.82 bits per heavy atom. The molecule has 2 aromatic rings. The number of hydrogen-bond donors (Lipinski definition) is 1. The largest absolute Gasteiger partial charge is 0.497 e. The van der Waals surface area contributed by atoms with Gasteiger partial charge in [-0.1, -0.05) is 42.5 Å². The molecule has 3 rings (SSSR count). The molecule has 0 unspecified atom stereocenters. The number of ketones is 1. The maximum atomic E-state index is 13.3. The highest BCUT2D eigenvalue weighted by Crippen LogP contribution is 2.20. The summed E-state index contributed by atoms with van der Waals surface area (Å²) in [5, 5.41) is 2.90. The van der Waals surface area contributed by atoms with Gasteiger partial charge in [-0.3, -0.25) is 14.5 Å². The average Bonchev–Trinajstić information content (AvgIpc) is 3.26. The third-order valence-electron chi connectivity index (χ3n) is 5.70. The molecule has 1 N–H and O–H groups in total. The van der Waals surface area contributed by atoms with E-state index in [9.17, 15) is 14.4 Å². The molecule has 0 saturated carbocycles. The molecule has 7 heteroatoms. The minimum atomic E-state index is -0.814. The predicted octanol–water partition coefficient (Wildman–Crippen LogP) is 3.41. The lowest BCUT2D eigenvalue weighted by molar-refractivity contribution is -0.158. The normalized spacial score (nSPS) is 17.1. The fourth-order valence-corrected chi connectivity index (χ4v) is 4.07. The quantitative estimate of drug-likeness (QED) is 0.450. The van der Waals surface area contributed by atoms with Crippen LogP contribution in [0.3, 0.4) is 0 Å². The first-order valence-electron chi connectivity index (χ1n) is 11.6. The molecule has 1 aliphatic rings. The summed E-state index contributed by atoms with van der Waals surface area (Å²) in [4.78, 5) is 40.9. The van der Waals surface area contributed by atoms with Crippen molar-refractivity contribution in [3.8, 4) is 5.75 Å². The van der Waals surface area contributed by atoms with Crippen LogP contribution in [0.15, 0.2) is 54.6 Å². The summed E-state index contributed by atoms with van der Waals surface area (Å²) in [6.07, 6.45) is 1.76. The fraction of sp³-hybridized carbons (Fsp3) is 0.444. The Bertz CT molecular complexity index is 1000. The van der Waals surface area contributed by atoms with Crippen molar-refractivity contribution in [2.45, 2.75) is 57.7 Å². The number of Topliss-reactive ketones (excluding diaryl/α,β-unsaturated/α-hetero) is 1. The number of nitrogens with zero attached hydrogens (tertiary/aromatic N) is 1. The fourth-order valence-electron chi connectivity index (χ4n) is 4.07. The van der Waals surface area contributed by atoms with Gasteiger partial charge in [-0.05, 0) is 57.9 Å². The molecule has 2 aromatic carbocycles. The van der Waals surface area contributed by atoms with Crippen molar-refractivity contribution >= 4 is 17.7 Å². The Morgan fingerprint density at radius 1 is 1.09 bits per heavy atom. The third kappa shape index (κ3) is 7.15. The molecule has 34 heavy (non-hydrogen) atoms. The van der Waals surface area contributed by atoms with Crippen LogP contribution < -0.4 is 10.1 Å². The van der Waals surface area contributed by atoms with Crippen molar-refractivity contribution in [3.05, 3.63) is 65.7 Å². The molecular weight excluding hydrogens is 432 g/mol. The van der Waals surface area contributed by atoms with Gasteiger partial charge in [0.05, 0.1) is 19.7 Å². The van der Waals surface area contributed by atoms with Crippen LogP contribution in [0, 0.1) is 0 Å². The maximum Gasteiger partial charge on any atom is 0.329 e. The Kier molecular flexibility index (Phi) is 8.45. The van der Waals surface area contributed by atoms with Gasteiger partial charge in [0.1, 0.15) is 17.4 Å². The molecule has 1 saturated heterocycles. The third-order valence-corrected chi connectivity index (χ3v) is 5.70. The van der Waals surface area contributed by atoms with Crippen LogP contribution in [-0.4, -0.2) is 60.4 Å². The zero-order chi connectivity index (χ0) is 24.7. The Hall–Kier alpha value is -3.19. The van der Waals surface area contributed by atoms with Gasteiger partial charge in [0, 0.05) is 12.0 Å². The van der Waals surface area contributed by atoms with Crippen molar-refractivity contribution in [2.24, 2.45) is 0 Å². The number of likely N-dealkylation sites (tertiary alicyclic amines) is 1. The number of methoxy groups -OCH3 is 1. The Balaban J connectivity index is 1.70. The van der Waals surface area contributed by atoms with E-state index < -0.39 is 23.7 Å². The average molecular weight is 467 g/mol. The number of amides is 1. The number of benzene rings is 2. The zero-order valence-electron chi connectivity index (χ0n) is 20.4. The molecule has 182 valence electrons. The SMILES string of the molecule is COc1cccc(C(=O)CN2CCC[C@H]2C(=O)N[C@@H](Cc2ccccc2)C(=O)OC(C)(C)C)c1. The number of nitrogens with one attached hydrogen (secondary N) is 1. The molecule has 1 heterocycles. The first-order valence-corrected chi connectivity index (χ1v) is 11.6. The number of esters is 1. The number of carbonyl (C=O) groups is 3. The van der Waals surface area contributed by atoms with Crippen LogP contribution in [0.1, 0.15) is 49.5 Å². The van der Waals surface area contributed by atoms with Crippen LogP contribution in [0.4, 0.5) is 0 Å². The molecule has 7 nitrogen and oxygen atoms in total. The summed E-state index contributed by atoms with van der Waals surface area (Å²) in [7, 11) is 1.56. The van der Waals surface area contributed by atoms with Gasteiger partial charge in [0.2, 0.25) is 5.91 Å². The molecule has 1 amide bonds. The van der Waals surface area contributed by atoms with Gasteiger partial charge in [0.25, 0.3) is 0 Å². The number of rotatable bonds is 9. The number of hydrogen-bond acceptors (Lipinski definition) is 6. The highest BCUT2D eigenvalue weighted by molar-refractivity contribution is 5.98. The topological polar surface area (TPSA) is 84.9 Å². The molecular formula is C27H34N2O5. The van der Waals surface area contributed by atoms with Gasteiger partial charge < -0.3 is 14.8 Å². The second kappa shape index (κ2) is 11.3. The first-order chi connectivity index (χ1) is 16.2. The summed E-state index contributed by atoms with van der Waals surface area (Å²) in [6, 6.07) is 15.2. The number of ether oxygens (including phenoxy) is 2. The summed E-state index contributed by atoms with van der Waals surface area (Å²) >= 11 is 0. The van der Waals surface area contributed by atoms with Crippen molar-refractivity contribution < 1.29 is 23.9 Å². The zero-order valence-corrected chi connectivity index (χ0v) is 20.4. The highest BCUT2D eigenvalue weighted by Gasteiger charge is 2.35. The monoisotopic (exact) mass is 466 g/mol. The van der Waals surface area contributed by atoms with Gasteiger partial charge in [0.15, 0.2) is 5.78 Å². The lowest BCUT2D eigenvalue weighted by Crippen LogP contribution is -2.52. The lowest BCUT2D eigenvalue weighted by atomic mass is 10.0. The van der Waals surface area contributed by atoms with Crippen LogP contribution in [0.5, 0.6) is 5.75 Å². The summed E-state index contributed by atoms with van der Waals surface area (Å²) in [5.41, 5.74) is 0.801. The van der Waals surface area contributed by atoms with Gasteiger partial charge in [-0.2, -0.15) is 0 Å². The van der Waals surface area contributed by atoms with Crippen molar-refractivity contribution in [2.75, 3.05) is 20.2 Å². The first kappa shape index (κ1) is 25.4. The smallest absolute Gasteiger partial charge is 0.329 e. The van der Waals surface area contributed by atoms with Gasteiger partial charge in [-0.25, -0.2) is 4.79 Å². The van der Waals surface area contributed by atoms with Crippen LogP contribution in [-0.2, 0) is 20.7 Å². The predicted molar refractivity (Wildman–Crippen MR) is 130 cm³/mol.